The summed E-state index contributed by atoms with van der Waals surface area (Å²) in [5.74, 6) is 1.72. The topological polar surface area (TPSA) is 12.5 Å². The van der Waals surface area contributed by atoms with Gasteiger partial charge in [0.25, 0.3) is 0 Å². The molecule has 2 nitrogen and oxygen atoms in total. The predicted molar refractivity (Wildman–Crippen MR) is 79.2 cm³/mol. The zero-order valence-electron chi connectivity index (χ0n) is 9.80. The van der Waals surface area contributed by atoms with Crippen LogP contribution in [0.2, 0.25) is 0 Å². The van der Waals surface area contributed by atoms with Crippen LogP contribution in [0.5, 0.6) is 0 Å². The summed E-state index contributed by atoms with van der Waals surface area (Å²) in [7, 11) is 1.91. The van der Waals surface area contributed by atoms with Crippen molar-refractivity contribution < 1.29 is 4.52 Å². The summed E-state index contributed by atoms with van der Waals surface area (Å²) in [6.45, 7) is 7.05. The van der Waals surface area contributed by atoms with E-state index < -0.39 is 5.62 Å². The number of hydrogen-bond acceptors (Lipinski definition) is 4. The van der Waals surface area contributed by atoms with E-state index in [-0.39, 0.29) is 0 Å². The molecule has 0 aliphatic heterocycles. The fourth-order valence-corrected chi connectivity index (χ4v) is 6.66. The Labute approximate surface area is 108 Å². The van der Waals surface area contributed by atoms with Crippen LogP contribution in [-0.4, -0.2) is 29.6 Å². The summed E-state index contributed by atoms with van der Waals surface area (Å²) < 4.78 is 7.58. The number of nitrogens with zero attached hydrogens (tertiary/aromatic N) is 1. The van der Waals surface area contributed by atoms with Crippen molar-refractivity contribution in [2.45, 2.75) is 27.2 Å². The molecule has 0 saturated carbocycles. The maximum atomic E-state index is 5.69. The second kappa shape index (κ2) is 8.02. The van der Waals surface area contributed by atoms with Gasteiger partial charge in [0.1, 0.15) is 0 Å². The largest absolute Gasteiger partial charge is 0.327 e. The lowest BCUT2D eigenvalue weighted by Crippen LogP contribution is -2.12. The van der Waals surface area contributed by atoms with Crippen LogP contribution < -0.4 is 0 Å². The fourth-order valence-electron chi connectivity index (χ4n) is 0.780. The summed E-state index contributed by atoms with van der Waals surface area (Å²) >= 11 is 12.2. The van der Waals surface area contributed by atoms with Gasteiger partial charge in [-0.2, -0.15) is 0 Å². The van der Waals surface area contributed by atoms with Crippen LogP contribution in [0.25, 0.3) is 0 Å². The van der Waals surface area contributed by atoms with Crippen LogP contribution in [-0.2, 0) is 16.3 Å². The first-order valence-electron chi connectivity index (χ1n) is 5.07. The van der Waals surface area contributed by atoms with E-state index in [0.717, 1.165) is 5.75 Å². The molecule has 6 heteroatoms. The van der Waals surface area contributed by atoms with Crippen LogP contribution in [0.3, 0.4) is 0 Å². The van der Waals surface area contributed by atoms with E-state index in [4.69, 9.17) is 28.5 Å². The van der Waals surface area contributed by atoms with Gasteiger partial charge in [-0.25, -0.2) is 0 Å². The van der Waals surface area contributed by atoms with Crippen LogP contribution in [0.4, 0.5) is 0 Å². The van der Waals surface area contributed by atoms with Gasteiger partial charge in [0.15, 0.2) is 0 Å². The van der Waals surface area contributed by atoms with Crippen molar-refractivity contribution in [3.8, 4) is 0 Å². The second-order valence-corrected chi connectivity index (χ2v) is 10.4. The Hall–Kier alpha value is 0.850. The Kier molecular flexibility index (Phi) is 8.47. The van der Waals surface area contributed by atoms with Gasteiger partial charge in [-0.05, 0) is 24.6 Å². The monoisotopic (exact) mass is 285 g/mol. The zero-order valence-corrected chi connectivity index (χ0v) is 13.1. The quantitative estimate of drug-likeness (QED) is 0.493. The van der Waals surface area contributed by atoms with Crippen molar-refractivity contribution in [3.05, 3.63) is 0 Å². The van der Waals surface area contributed by atoms with Gasteiger partial charge in [-0.3, -0.25) is 0 Å². The van der Waals surface area contributed by atoms with Crippen molar-refractivity contribution in [2.24, 2.45) is 5.92 Å². The molecule has 0 aromatic carbocycles. The lowest BCUT2D eigenvalue weighted by atomic mass is 10.2. The Morgan fingerprint density at radius 2 is 2.13 bits per heavy atom. The normalized spacial score (nSPS) is 16.8. The summed E-state index contributed by atoms with van der Waals surface area (Å²) in [6.07, 6.45) is 1.18. The minimum absolute atomic E-state index is 0.651. The van der Waals surface area contributed by atoms with Gasteiger partial charge in [-0.1, -0.05) is 43.9 Å². The lowest BCUT2D eigenvalue weighted by Gasteiger charge is -2.29. The summed E-state index contributed by atoms with van der Waals surface area (Å²) in [5, 5.41) is 0. The van der Waals surface area contributed by atoms with Crippen LogP contribution in [0.1, 0.15) is 27.2 Å². The molecule has 0 aliphatic carbocycles. The van der Waals surface area contributed by atoms with Gasteiger partial charge >= 0.3 is 0 Å². The molecule has 90 valence electrons. The maximum Gasteiger partial charge on any atom is 0.213 e. The predicted octanol–water partition coefficient (Wildman–Crippen LogP) is 3.92. The molecular weight excluding hydrogens is 265 g/mol. The molecule has 0 aliphatic rings. The van der Waals surface area contributed by atoms with E-state index in [0.29, 0.717) is 12.5 Å². The smallest absolute Gasteiger partial charge is 0.213 e. The highest BCUT2D eigenvalue weighted by atomic mass is 32.9. The van der Waals surface area contributed by atoms with Crippen molar-refractivity contribution in [3.63, 3.8) is 0 Å². The minimum Gasteiger partial charge on any atom is -0.327 e. The number of hydrogen-bond donors (Lipinski definition) is 0. The van der Waals surface area contributed by atoms with E-state index in [1.165, 1.54) is 6.42 Å². The summed E-state index contributed by atoms with van der Waals surface area (Å²) in [5.41, 5.74) is -0.357. The average molecular weight is 285 g/mol. The van der Waals surface area contributed by atoms with E-state index in [1.807, 2.05) is 18.6 Å². The maximum absolute atomic E-state index is 5.69. The molecule has 0 radical (unpaired) electrons. The molecule has 0 spiro atoms. The van der Waals surface area contributed by atoms with Crippen molar-refractivity contribution in [1.82, 2.24) is 4.67 Å². The van der Waals surface area contributed by atoms with E-state index >= 15 is 0 Å². The Morgan fingerprint density at radius 3 is 2.53 bits per heavy atom. The molecule has 0 rings (SSSR count). The average Bonchev–Trinajstić information content (AvgIpc) is 2.25. The van der Waals surface area contributed by atoms with Crippen molar-refractivity contribution >= 4 is 46.5 Å². The summed E-state index contributed by atoms with van der Waals surface area (Å²) in [6, 6.07) is 0. The van der Waals surface area contributed by atoms with Crippen LogP contribution in [0, 0.1) is 5.92 Å². The Balaban J connectivity index is 4.38. The molecule has 0 heterocycles. The van der Waals surface area contributed by atoms with Gasteiger partial charge in [0.2, 0.25) is 5.62 Å². The summed E-state index contributed by atoms with van der Waals surface area (Å²) in [4.78, 5) is 0. The highest BCUT2D eigenvalue weighted by molar-refractivity contribution is 8.68. The van der Waals surface area contributed by atoms with Crippen molar-refractivity contribution in [2.75, 3.05) is 19.4 Å². The van der Waals surface area contributed by atoms with Gasteiger partial charge in [-0.15, -0.1) is 0 Å². The highest BCUT2D eigenvalue weighted by Crippen LogP contribution is 2.62. The van der Waals surface area contributed by atoms with Crippen LogP contribution >= 0.6 is 29.2 Å². The molecule has 0 aromatic rings. The highest BCUT2D eigenvalue weighted by Gasteiger charge is 2.22. The lowest BCUT2D eigenvalue weighted by molar-refractivity contribution is 0.369. The first-order valence-corrected chi connectivity index (χ1v) is 9.81. The third-order valence-electron chi connectivity index (χ3n) is 2.05. The third kappa shape index (κ3) is 5.64. The van der Waals surface area contributed by atoms with Gasteiger partial charge in [0, 0.05) is 12.8 Å². The van der Waals surface area contributed by atoms with E-state index in [9.17, 15) is 0 Å². The molecule has 0 N–H and O–H groups in total. The molecule has 0 aromatic heterocycles. The zero-order chi connectivity index (χ0) is 11.9. The molecule has 15 heavy (non-hydrogen) atoms. The van der Waals surface area contributed by atoms with Crippen LogP contribution in [0.15, 0.2) is 0 Å². The second-order valence-electron chi connectivity index (χ2n) is 3.37. The molecule has 0 bridgehead atoms. The Morgan fingerprint density at radius 1 is 1.53 bits per heavy atom. The number of thiocarbonyl (C=S) groups is 1. The van der Waals surface area contributed by atoms with Gasteiger partial charge < -0.3 is 9.19 Å². The molecular formula is C9H20NOPS3. The fraction of sp³-hybridized carbons (Fsp3) is 0.889. The molecule has 0 fully saturated rings. The van der Waals surface area contributed by atoms with Crippen molar-refractivity contribution in [1.29, 1.82) is 0 Å². The first kappa shape index (κ1) is 15.9. The SMILES string of the molecule is CCOP(=S)(SCC(C)CC)N(C)C=S. The standard InChI is InChI=1S/C9H20NOPS3/c1-5-9(3)7-15-12(14,11-6-2)10(4)8-13/h8-9H,5-7H2,1-4H3. The molecule has 0 amide bonds. The van der Waals surface area contributed by atoms with E-state index in [1.54, 1.807) is 16.9 Å². The van der Waals surface area contributed by atoms with Gasteiger partial charge in [0.05, 0.1) is 12.1 Å². The molecule has 0 saturated heterocycles. The van der Waals surface area contributed by atoms with E-state index in [2.05, 4.69) is 13.8 Å². The molecule has 2 unspecified atom stereocenters. The third-order valence-corrected chi connectivity index (χ3v) is 9.59. The molecule has 2 atom stereocenters. The number of rotatable bonds is 8. The Bertz CT molecular complexity index is 237. The minimum atomic E-state index is -1.95. The first-order chi connectivity index (χ1) is 7.00.